The number of ether oxygens (including phenoxy) is 1. The molecule has 2 rings (SSSR count). The minimum atomic E-state index is -1.08. The Labute approximate surface area is 141 Å². The van der Waals surface area contributed by atoms with Crippen LogP contribution in [-0.2, 0) is 9.59 Å². The second kappa shape index (κ2) is 8.72. The highest BCUT2D eigenvalue weighted by Gasteiger charge is 2.21. The molecule has 5 nitrogen and oxygen atoms in total. The molecule has 24 heavy (non-hydrogen) atoms. The number of aliphatic carboxylic acids is 1. The fourth-order valence-electron chi connectivity index (χ4n) is 2.30. The summed E-state index contributed by atoms with van der Waals surface area (Å²) in [5, 5.41) is 11.8. The molecular formula is C19H21NO4. The van der Waals surface area contributed by atoms with Crippen LogP contribution in [0.2, 0.25) is 0 Å². The molecule has 0 aromatic heterocycles. The van der Waals surface area contributed by atoms with Crippen molar-refractivity contribution < 1.29 is 19.4 Å². The molecule has 0 radical (unpaired) electrons. The number of carboxylic acid groups (broad SMARTS) is 1. The first kappa shape index (κ1) is 17.5. The summed E-state index contributed by atoms with van der Waals surface area (Å²) in [7, 11) is 0. The number of carboxylic acids is 1. The molecule has 0 saturated heterocycles. The molecule has 0 heterocycles. The number of para-hydroxylation sites is 1. The van der Waals surface area contributed by atoms with Crippen LogP contribution in [0.4, 0.5) is 0 Å². The Morgan fingerprint density at radius 3 is 2.42 bits per heavy atom. The molecule has 0 fully saturated rings. The summed E-state index contributed by atoms with van der Waals surface area (Å²) in [5.41, 5.74) is 1.59. The highest BCUT2D eigenvalue weighted by atomic mass is 16.5. The predicted molar refractivity (Wildman–Crippen MR) is 90.9 cm³/mol. The number of amides is 1. The number of benzene rings is 2. The summed E-state index contributed by atoms with van der Waals surface area (Å²) in [6.45, 7) is 2.36. The third kappa shape index (κ3) is 5.12. The zero-order chi connectivity index (χ0) is 17.4. The average molecular weight is 327 g/mol. The lowest BCUT2D eigenvalue weighted by molar-refractivity contribution is -0.142. The van der Waals surface area contributed by atoms with E-state index < -0.39 is 12.0 Å². The molecule has 0 aliphatic heterocycles. The van der Waals surface area contributed by atoms with E-state index in [9.17, 15) is 14.7 Å². The number of hydrogen-bond donors (Lipinski definition) is 2. The van der Waals surface area contributed by atoms with Gasteiger partial charge in [0.25, 0.3) is 0 Å². The molecule has 2 aromatic carbocycles. The fraction of sp³-hybridized carbons (Fsp3) is 0.263. The van der Waals surface area contributed by atoms with E-state index in [1.165, 1.54) is 0 Å². The smallest absolute Gasteiger partial charge is 0.330 e. The highest BCUT2D eigenvalue weighted by molar-refractivity contribution is 5.84. The van der Waals surface area contributed by atoms with E-state index in [-0.39, 0.29) is 12.3 Å². The first-order valence-corrected chi connectivity index (χ1v) is 7.83. The zero-order valence-corrected chi connectivity index (χ0v) is 13.6. The molecule has 1 atom stereocenters. The van der Waals surface area contributed by atoms with Crippen LogP contribution < -0.4 is 10.1 Å². The summed E-state index contributed by atoms with van der Waals surface area (Å²) in [4.78, 5) is 23.3. The van der Waals surface area contributed by atoms with Crippen molar-refractivity contribution in [2.45, 2.75) is 25.8 Å². The first-order valence-electron chi connectivity index (χ1n) is 7.83. The van der Waals surface area contributed by atoms with E-state index in [1.54, 1.807) is 30.3 Å². The number of rotatable bonds is 8. The number of nitrogens with one attached hydrogen (secondary N) is 1. The van der Waals surface area contributed by atoms with Gasteiger partial charge in [0.2, 0.25) is 5.91 Å². The molecule has 1 unspecified atom stereocenters. The highest BCUT2D eigenvalue weighted by Crippen LogP contribution is 2.17. The van der Waals surface area contributed by atoms with Crippen molar-refractivity contribution in [3.8, 4) is 5.75 Å². The van der Waals surface area contributed by atoms with E-state index in [2.05, 4.69) is 5.32 Å². The van der Waals surface area contributed by atoms with Gasteiger partial charge in [0.15, 0.2) is 6.04 Å². The Balaban J connectivity index is 1.80. The number of carbonyl (C=O) groups excluding carboxylic acids is 1. The lowest BCUT2D eigenvalue weighted by Gasteiger charge is -2.15. The standard InChI is InChI=1S/C19H21NO4/c1-14-8-5-6-11-16(14)24-13-7-12-17(21)20-18(19(22)23)15-9-3-2-4-10-15/h2-6,8-11,18H,7,12-13H2,1H3,(H,20,21)(H,22,23). The minimum Gasteiger partial charge on any atom is -0.493 e. The fourth-order valence-corrected chi connectivity index (χ4v) is 2.30. The van der Waals surface area contributed by atoms with Crippen molar-refractivity contribution in [3.63, 3.8) is 0 Å². The van der Waals surface area contributed by atoms with Crippen molar-refractivity contribution in [2.75, 3.05) is 6.61 Å². The van der Waals surface area contributed by atoms with E-state index in [1.807, 2.05) is 31.2 Å². The maximum atomic E-state index is 12.0. The summed E-state index contributed by atoms with van der Waals surface area (Å²) < 4.78 is 5.63. The normalized spacial score (nSPS) is 11.5. The molecule has 2 N–H and O–H groups in total. The van der Waals surface area contributed by atoms with Gasteiger partial charge in [0, 0.05) is 6.42 Å². The van der Waals surface area contributed by atoms with E-state index in [0.29, 0.717) is 18.6 Å². The van der Waals surface area contributed by atoms with E-state index >= 15 is 0 Å². The molecule has 5 heteroatoms. The molecule has 126 valence electrons. The molecular weight excluding hydrogens is 306 g/mol. The summed E-state index contributed by atoms with van der Waals surface area (Å²) in [5.74, 6) is -0.587. The van der Waals surface area contributed by atoms with Crippen molar-refractivity contribution in [1.82, 2.24) is 5.32 Å². The number of aryl methyl sites for hydroxylation is 1. The Bertz CT molecular complexity index is 685. The third-order valence-electron chi connectivity index (χ3n) is 3.58. The maximum Gasteiger partial charge on any atom is 0.330 e. The van der Waals surface area contributed by atoms with Gasteiger partial charge < -0.3 is 15.2 Å². The van der Waals surface area contributed by atoms with Gasteiger partial charge >= 0.3 is 5.97 Å². The van der Waals surface area contributed by atoms with Gasteiger partial charge in [-0.25, -0.2) is 4.79 Å². The van der Waals surface area contributed by atoms with Crippen LogP contribution >= 0.6 is 0 Å². The van der Waals surface area contributed by atoms with Crippen LogP contribution in [0.15, 0.2) is 54.6 Å². The monoisotopic (exact) mass is 327 g/mol. The first-order chi connectivity index (χ1) is 11.6. The van der Waals surface area contributed by atoms with E-state index in [0.717, 1.165) is 11.3 Å². The zero-order valence-electron chi connectivity index (χ0n) is 13.6. The van der Waals surface area contributed by atoms with Crippen LogP contribution in [0, 0.1) is 6.92 Å². The van der Waals surface area contributed by atoms with Gasteiger partial charge in [-0.1, -0.05) is 48.5 Å². The second-order valence-corrected chi connectivity index (χ2v) is 5.47. The Morgan fingerprint density at radius 2 is 1.75 bits per heavy atom. The summed E-state index contributed by atoms with van der Waals surface area (Å²) in [6.07, 6.45) is 0.726. The van der Waals surface area contributed by atoms with Crippen LogP contribution in [0.3, 0.4) is 0 Å². The SMILES string of the molecule is Cc1ccccc1OCCCC(=O)NC(C(=O)O)c1ccccc1. The van der Waals surface area contributed by atoms with Crippen molar-refractivity contribution in [1.29, 1.82) is 0 Å². The summed E-state index contributed by atoms with van der Waals surface area (Å²) in [6, 6.07) is 15.3. The number of carbonyl (C=O) groups is 2. The van der Waals surface area contributed by atoms with Crippen molar-refractivity contribution in [2.24, 2.45) is 0 Å². The Hall–Kier alpha value is -2.82. The average Bonchev–Trinajstić information content (AvgIpc) is 2.58. The van der Waals surface area contributed by atoms with Crippen LogP contribution in [0.5, 0.6) is 5.75 Å². The molecule has 0 spiro atoms. The van der Waals surface area contributed by atoms with Gasteiger partial charge in [0.05, 0.1) is 6.61 Å². The van der Waals surface area contributed by atoms with Gasteiger partial charge in [-0.3, -0.25) is 4.79 Å². The predicted octanol–water partition coefficient (Wildman–Crippen LogP) is 3.10. The molecule has 0 saturated carbocycles. The summed E-state index contributed by atoms with van der Waals surface area (Å²) >= 11 is 0. The van der Waals surface area contributed by atoms with Gasteiger partial charge in [-0.05, 0) is 30.5 Å². The Morgan fingerprint density at radius 1 is 1.08 bits per heavy atom. The number of hydrogen-bond acceptors (Lipinski definition) is 3. The van der Waals surface area contributed by atoms with Crippen molar-refractivity contribution in [3.05, 3.63) is 65.7 Å². The molecule has 0 aliphatic carbocycles. The minimum absolute atomic E-state index is 0.211. The molecule has 1 amide bonds. The third-order valence-corrected chi connectivity index (χ3v) is 3.58. The van der Waals surface area contributed by atoms with Crippen LogP contribution in [0.25, 0.3) is 0 Å². The van der Waals surface area contributed by atoms with Crippen LogP contribution in [-0.4, -0.2) is 23.6 Å². The van der Waals surface area contributed by atoms with Gasteiger partial charge in [-0.2, -0.15) is 0 Å². The maximum absolute atomic E-state index is 12.0. The lowest BCUT2D eigenvalue weighted by Crippen LogP contribution is -2.33. The largest absolute Gasteiger partial charge is 0.493 e. The second-order valence-electron chi connectivity index (χ2n) is 5.47. The molecule has 2 aromatic rings. The lowest BCUT2D eigenvalue weighted by atomic mass is 10.1. The Kier molecular flexibility index (Phi) is 6.37. The quantitative estimate of drug-likeness (QED) is 0.731. The molecule has 0 aliphatic rings. The van der Waals surface area contributed by atoms with Crippen LogP contribution in [0.1, 0.15) is 30.0 Å². The van der Waals surface area contributed by atoms with E-state index in [4.69, 9.17) is 4.74 Å². The van der Waals surface area contributed by atoms with Gasteiger partial charge in [-0.15, -0.1) is 0 Å². The molecule has 0 bridgehead atoms. The van der Waals surface area contributed by atoms with Gasteiger partial charge in [0.1, 0.15) is 5.75 Å². The van der Waals surface area contributed by atoms with Crippen molar-refractivity contribution >= 4 is 11.9 Å². The topological polar surface area (TPSA) is 75.6 Å².